The minimum atomic E-state index is -0.995. The van der Waals surface area contributed by atoms with Crippen molar-refractivity contribution in [1.29, 1.82) is 0 Å². The second kappa shape index (κ2) is 4.19. The highest BCUT2D eigenvalue weighted by Crippen LogP contribution is 2.03. The Hall–Kier alpha value is 0.280. The first-order chi connectivity index (χ1) is 3.68. The molecular formula is C4H3Cl3O. The highest BCUT2D eigenvalue weighted by atomic mass is 35.5. The Labute approximate surface area is 62.2 Å². The Morgan fingerprint density at radius 2 is 2.00 bits per heavy atom. The van der Waals surface area contributed by atoms with E-state index in [4.69, 9.17) is 34.8 Å². The van der Waals surface area contributed by atoms with Crippen LogP contribution >= 0.6 is 34.8 Å². The van der Waals surface area contributed by atoms with Crippen molar-refractivity contribution in [2.45, 2.75) is 4.84 Å². The Morgan fingerprint density at radius 3 is 2.12 bits per heavy atom. The summed E-state index contributed by atoms with van der Waals surface area (Å²) in [5, 5.41) is 0. The normalized spacial score (nSPS) is 11.0. The van der Waals surface area contributed by atoms with Crippen molar-refractivity contribution in [2.75, 3.05) is 0 Å². The molecule has 4 heteroatoms. The van der Waals surface area contributed by atoms with Gasteiger partial charge in [0.1, 0.15) is 0 Å². The summed E-state index contributed by atoms with van der Waals surface area (Å²) in [4.78, 5) is 9.31. The largest absolute Gasteiger partial charge is 0.292 e. The summed E-state index contributed by atoms with van der Waals surface area (Å²) < 4.78 is 0. The maximum absolute atomic E-state index is 10.3. The van der Waals surface area contributed by atoms with Crippen LogP contribution in [0, 0.1) is 0 Å². The third-order valence-corrected chi connectivity index (χ3v) is 0.998. The van der Waals surface area contributed by atoms with E-state index >= 15 is 0 Å². The van der Waals surface area contributed by atoms with Crippen molar-refractivity contribution >= 4 is 40.6 Å². The molecule has 0 saturated heterocycles. The Balaban J connectivity index is 3.66. The molecule has 0 radical (unpaired) electrons. The van der Waals surface area contributed by atoms with Crippen LogP contribution in [0.1, 0.15) is 0 Å². The summed E-state index contributed by atoms with van der Waals surface area (Å²) in [7, 11) is 0. The van der Waals surface area contributed by atoms with Crippen LogP contribution in [0.5, 0.6) is 0 Å². The number of ketones is 1. The number of allylic oxidation sites excluding steroid dienone is 1. The van der Waals surface area contributed by atoms with Gasteiger partial charge in [-0.05, 0) is 6.08 Å². The predicted molar refractivity (Wildman–Crippen MR) is 35.5 cm³/mol. The molecular weight excluding hydrogens is 170 g/mol. The molecule has 0 aliphatic rings. The van der Waals surface area contributed by atoms with Gasteiger partial charge in [-0.25, -0.2) is 0 Å². The van der Waals surface area contributed by atoms with E-state index in [-0.39, 0.29) is 0 Å². The molecule has 0 rings (SSSR count). The summed E-state index contributed by atoms with van der Waals surface area (Å²) in [6.07, 6.45) is 1.10. The number of halogens is 3. The van der Waals surface area contributed by atoms with Gasteiger partial charge in [0.05, 0.1) is 0 Å². The van der Waals surface area contributed by atoms with Crippen LogP contribution in [0.25, 0.3) is 0 Å². The van der Waals surface area contributed by atoms with Gasteiger partial charge in [0, 0.05) is 5.54 Å². The quantitative estimate of drug-likeness (QED) is 0.462. The molecule has 0 fully saturated rings. The van der Waals surface area contributed by atoms with Crippen LogP contribution in [0.4, 0.5) is 0 Å². The summed E-state index contributed by atoms with van der Waals surface area (Å²) in [5.41, 5.74) is 1.07. The average Bonchev–Trinajstić information content (AvgIpc) is 1.67. The number of hydrogen-bond donors (Lipinski definition) is 0. The summed E-state index contributed by atoms with van der Waals surface area (Å²) in [5.74, 6) is -0.400. The molecule has 46 valence electrons. The highest BCUT2D eigenvalue weighted by Gasteiger charge is 2.05. The molecule has 8 heavy (non-hydrogen) atoms. The molecule has 0 aromatic rings. The lowest BCUT2D eigenvalue weighted by Gasteiger charge is -1.88. The third kappa shape index (κ3) is 3.30. The molecule has 0 aromatic carbocycles. The topological polar surface area (TPSA) is 17.1 Å². The summed E-state index contributed by atoms with van der Waals surface area (Å²) >= 11 is 15.2. The molecule has 0 saturated carbocycles. The first kappa shape index (κ1) is 8.28. The average molecular weight is 173 g/mol. The van der Waals surface area contributed by atoms with Crippen molar-refractivity contribution in [1.82, 2.24) is 0 Å². The third-order valence-electron chi connectivity index (χ3n) is 0.442. The molecule has 0 N–H and O–H groups in total. The van der Waals surface area contributed by atoms with Crippen LogP contribution in [-0.2, 0) is 4.79 Å². The Kier molecular flexibility index (Phi) is 4.33. The van der Waals surface area contributed by atoms with Gasteiger partial charge >= 0.3 is 0 Å². The molecule has 0 aromatic heterocycles. The molecule has 0 aliphatic heterocycles. The number of rotatable bonds is 2. The van der Waals surface area contributed by atoms with Crippen LogP contribution in [0.3, 0.4) is 0 Å². The van der Waals surface area contributed by atoms with Crippen molar-refractivity contribution in [3.05, 3.63) is 11.6 Å². The van der Waals surface area contributed by atoms with Gasteiger partial charge in [0.2, 0.25) is 0 Å². The van der Waals surface area contributed by atoms with Gasteiger partial charge in [-0.3, -0.25) is 4.79 Å². The monoisotopic (exact) mass is 172 g/mol. The number of carbonyl (C=O) groups excluding carboxylic acids is 1. The second-order valence-electron chi connectivity index (χ2n) is 0.996. The van der Waals surface area contributed by atoms with E-state index < -0.39 is 10.6 Å². The van der Waals surface area contributed by atoms with E-state index in [2.05, 4.69) is 0 Å². The smallest absolute Gasteiger partial charge is 0.189 e. The molecule has 0 aliphatic carbocycles. The predicted octanol–water partition coefficient (Wildman–Crippen LogP) is 2.11. The number of alkyl halides is 2. The maximum atomic E-state index is 10.3. The lowest BCUT2D eigenvalue weighted by Crippen LogP contribution is -2.01. The second-order valence-corrected chi connectivity index (χ2v) is 2.34. The maximum Gasteiger partial charge on any atom is 0.189 e. The molecule has 0 unspecified atom stereocenters. The van der Waals surface area contributed by atoms with Gasteiger partial charge < -0.3 is 0 Å². The van der Waals surface area contributed by atoms with E-state index in [1.54, 1.807) is 0 Å². The zero-order valence-electron chi connectivity index (χ0n) is 3.77. The van der Waals surface area contributed by atoms with Crippen molar-refractivity contribution in [3.63, 3.8) is 0 Å². The van der Waals surface area contributed by atoms with Crippen molar-refractivity contribution in [3.8, 4) is 0 Å². The molecule has 1 nitrogen and oxygen atoms in total. The van der Waals surface area contributed by atoms with E-state index in [1.807, 2.05) is 0 Å². The van der Waals surface area contributed by atoms with E-state index in [0.29, 0.717) is 0 Å². The summed E-state index contributed by atoms with van der Waals surface area (Å²) in [6.45, 7) is 0. The lowest BCUT2D eigenvalue weighted by molar-refractivity contribution is -0.113. The first-order valence-electron chi connectivity index (χ1n) is 1.77. The zero-order chi connectivity index (χ0) is 6.57. The summed E-state index contributed by atoms with van der Waals surface area (Å²) in [6, 6.07) is 0. The first-order valence-corrected chi connectivity index (χ1v) is 3.08. The molecule has 0 atom stereocenters. The van der Waals surface area contributed by atoms with Gasteiger partial charge in [0.25, 0.3) is 0 Å². The van der Waals surface area contributed by atoms with E-state index in [1.165, 1.54) is 0 Å². The van der Waals surface area contributed by atoms with Gasteiger partial charge in [-0.1, -0.05) is 34.8 Å². The Bertz CT molecular complexity index is 108. The van der Waals surface area contributed by atoms with E-state index in [9.17, 15) is 4.79 Å². The SMILES string of the molecule is O=C(C=CCl)C(Cl)Cl. The van der Waals surface area contributed by atoms with Gasteiger partial charge in [-0.2, -0.15) is 0 Å². The fraction of sp³-hybridized carbons (Fsp3) is 0.250. The minimum absolute atomic E-state index is 0.400. The Morgan fingerprint density at radius 1 is 1.50 bits per heavy atom. The van der Waals surface area contributed by atoms with E-state index in [0.717, 1.165) is 11.6 Å². The van der Waals surface area contributed by atoms with Gasteiger partial charge in [0.15, 0.2) is 10.6 Å². The van der Waals surface area contributed by atoms with Crippen molar-refractivity contribution in [2.24, 2.45) is 0 Å². The molecule has 0 spiro atoms. The highest BCUT2D eigenvalue weighted by molar-refractivity contribution is 6.55. The fourth-order valence-electron chi connectivity index (χ4n) is 0.135. The minimum Gasteiger partial charge on any atom is -0.292 e. The van der Waals surface area contributed by atoms with Crippen LogP contribution in [-0.4, -0.2) is 10.6 Å². The lowest BCUT2D eigenvalue weighted by atomic mass is 10.4. The van der Waals surface area contributed by atoms with Crippen LogP contribution < -0.4 is 0 Å². The van der Waals surface area contributed by atoms with Crippen LogP contribution in [0.2, 0.25) is 0 Å². The fourth-order valence-corrected chi connectivity index (χ4v) is 0.404. The molecule has 0 amide bonds. The number of carbonyl (C=O) groups is 1. The molecule has 0 bridgehead atoms. The zero-order valence-corrected chi connectivity index (χ0v) is 6.04. The molecule has 0 heterocycles. The van der Waals surface area contributed by atoms with Crippen LogP contribution in [0.15, 0.2) is 11.6 Å². The van der Waals surface area contributed by atoms with Gasteiger partial charge in [-0.15, -0.1) is 0 Å². The standard InChI is InChI=1S/C4H3Cl3O/c5-2-1-3(8)4(6)7/h1-2,4H. The number of hydrogen-bond acceptors (Lipinski definition) is 1. The van der Waals surface area contributed by atoms with Crippen molar-refractivity contribution < 1.29 is 4.79 Å².